The van der Waals surface area contributed by atoms with Crippen molar-refractivity contribution in [3.8, 4) is 0 Å². The molecule has 0 aromatic carbocycles. The standard InChI is InChI=1S/C13H17NO4/c1-3-8-14(9-13(16)17)12(15)7-6-11-5-4-10(2)18-11/h4-7H,3,8-9H2,1-2H3,(H,16,17)/b7-6+. The molecule has 0 saturated heterocycles. The SMILES string of the molecule is CCCN(CC(=O)O)C(=O)/C=C/c1ccc(C)o1. The fraction of sp³-hybridized carbons (Fsp3) is 0.385. The van der Waals surface area contributed by atoms with Crippen LogP contribution in [0, 0.1) is 6.92 Å². The van der Waals surface area contributed by atoms with E-state index in [1.54, 1.807) is 18.2 Å². The van der Waals surface area contributed by atoms with Gasteiger partial charge in [-0.05, 0) is 31.6 Å². The summed E-state index contributed by atoms with van der Waals surface area (Å²) in [5.41, 5.74) is 0. The highest BCUT2D eigenvalue weighted by Gasteiger charge is 2.13. The summed E-state index contributed by atoms with van der Waals surface area (Å²) in [5, 5.41) is 8.71. The number of amides is 1. The van der Waals surface area contributed by atoms with Crippen LogP contribution in [0.25, 0.3) is 6.08 Å². The molecule has 98 valence electrons. The fourth-order valence-corrected chi connectivity index (χ4v) is 1.50. The molecule has 0 fully saturated rings. The van der Waals surface area contributed by atoms with Crippen molar-refractivity contribution in [2.45, 2.75) is 20.3 Å². The molecule has 1 aromatic heterocycles. The highest BCUT2D eigenvalue weighted by molar-refractivity contribution is 5.93. The number of carbonyl (C=O) groups is 2. The highest BCUT2D eigenvalue weighted by atomic mass is 16.4. The molecular weight excluding hydrogens is 234 g/mol. The Kier molecular flexibility index (Phi) is 5.17. The van der Waals surface area contributed by atoms with Gasteiger partial charge >= 0.3 is 5.97 Å². The lowest BCUT2D eigenvalue weighted by molar-refractivity contribution is -0.142. The van der Waals surface area contributed by atoms with Crippen LogP contribution < -0.4 is 0 Å². The summed E-state index contributed by atoms with van der Waals surface area (Å²) in [7, 11) is 0. The second kappa shape index (κ2) is 6.64. The van der Waals surface area contributed by atoms with Gasteiger partial charge in [0.1, 0.15) is 18.1 Å². The minimum Gasteiger partial charge on any atom is -0.480 e. The Bertz CT molecular complexity index is 448. The molecule has 1 N–H and O–H groups in total. The first-order valence-corrected chi connectivity index (χ1v) is 5.78. The van der Waals surface area contributed by atoms with Gasteiger partial charge in [0.15, 0.2) is 0 Å². The van der Waals surface area contributed by atoms with Crippen LogP contribution in [0.2, 0.25) is 0 Å². The maximum Gasteiger partial charge on any atom is 0.323 e. The summed E-state index contributed by atoms with van der Waals surface area (Å²) in [6.45, 7) is 3.84. The van der Waals surface area contributed by atoms with E-state index >= 15 is 0 Å². The summed E-state index contributed by atoms with van der Waals surface area (Å²) in [6, 6.07) is 3.55. The first-order valence-electron chi connectivity index (χ1n) is 5.78. The lowest BCUT2D eigenvalue weighted by Gasteiger charge is -2.17. The van der Waals surface area contributed by atoms with Crippen molar-refractivity contribution in [1.82, 2.24) is 4.90 Å². The lowest BCUT2D eigenvalue weighted by atomic mass is 10.3. The number of aryl methyl sites for hydroxylation is 1. The van der Waals surface area contributed by atoms with Gasteiger partial charge in [-0.3, -0.25) is 9.59 Å². The molecule has 5 nitrogen and oxygen atoms in total. The van der Waals surface area contributed by atoms with Crippen LogP contribution in [0.3, 0.4) is 0 Å². The molecule has 1 aromatic rings. The first kappa shape index (κ1) is 14.0. The first-order chi connectivity index (χ1) is 8.52. The maximum atomic E-state index is 11.8. The molecule has 1 rings (SSSR count). The van der Waals surface area contributed by atoms with E-state index in [1.807, 2.05) is 13.8 Å². The van der Waals surface area contributed by atoms with Gasteiger partial charge in [0, 0.05) is 12.6 Å². The number of carbonyl (C=O) groups excluding carboxylic acids is 1. The zero-order valence-corrected chi connectivity index (χ0v) is 10.5. The van der Waals surface area contributed by atoms with E-state index in [1.165, 1.54) is 11.0 Å². The molecule has 1 amide bonds. The van der Waals surface area contributed by atoms with Crippen molar-refractivity contribution in [2.24, 2.45) is 0 Å². The minimum atomic E-state index is -1.01. The molecule has 0 spiro atoms. The number of aliphatic carboxylic acids is 1. The molecule has 0 bridgehead atoms. The Morgan fingerprint density at radius 3 is 2.67 bits per heavy atom. The van der Waals surface area contributed by atoms with E-state index in [4.69, 9.17) is 9.52 Å². The number of hydrogen-bond acceptors (Lipinski definition) is 3. The Hall–Kier alpha value is -2.04. The summed E-state index contributed by atoms with van der Waals surface area (Å²) in [4.78, 5) is 23.7. The van der Waals surface area contributed by atoms with Gasteiger partial charge in [0.05, 0.1) is 0 Å². The number of rotatable bonds is 6. The summed E-state index contributed by atoms with van der Waals surface area (Å²) < 4.78 is 5.28. The molecule has 0 aliphatic rings. The molecule has 0 unspecified atom stereocenters. The number of furan rings is 1. The van der Waals surface area contributed by atoms with Crippen molar-refractivity contribution < 1.29 is 19.1 Å². The van der Waals surface area contributed by atoms with Gasteiger partial charge in [-0.1, -0.05) is 6.92 Å². The number of carboxylic acid groups (broad SMARTS) is 1. The van der Waals surface area contributed by atoms with Crippen LogP contribution >= 0.6 is 0 Å². The highest BCUT2D eigenvalue weighted by Crippen LogP contribution is 2.08. The van der Waals surface area contributed by atoms with Gasteiger partial charge in [-0.25, -0.2) is 0 Å². The molecule has 0 aliphatic carbocycles. The fourth-order valence-electron chi connectivity index (χ4n) is 1.50. The zero-order chi connectivity index (χ0) is 13.5. The van der Waals surface area contributed by atoms with Gasteiger partial charge in [0.2, 0.25) is 5.91 Å². The second-order valence-electron chi connectivity index (χ2n) is 3.94. The van der Waals surface area contributed by atoms with Crippen LogP contribution in [0.5, 0.6) is 0 Å². The summed E-state index contributed by atoms with van der Waals surface area (Å²) >= 11 is 0. The molecular formula is C13H17NO4. The maximum absolute atomic E-state index is 11.8. The lowest BCUT2D eigenvalue weighted by Crippen LogP contribution is -2.35. The van der Waals surface area contributed by atoms with Gasteiger partial charge in [-0.2, -0.15) is 0 Å². The Labute approximate surface area is 106 Å². The van der Waals surface area contributed by atoms with Crippen molar-refractivity contribution in [3.05, 3.63) is 29.7 Å². The third kappa shape index (κ3) is 4.45. The smallest absolute Gasteiger partial charge is 0.323 e. The minimum absolute atomic E-state index is 0.284. The van der Waals surface area contributed by atoms with Gasteiger partial charge < -0.3 is 14.4 Å². The van der Waals surface area contributed by atoms with Gasteiger partial charge in [-0.15, -0.1) is 0 Å². The van der Waals surface area contributed by atoms with Crippen LogP contribution in [-0.4, -0.2) is 35.0 Å². The van der Waals surface area contributed by atoms with Crippen molar-refractivity contribution in [3.63, 3.8) is 0 Å². The van der Waals surface area contributed by atoms with Crippen LogP contribution in [0.1, 0.15) is 24.9 Å². The predicted octanol–water partition coefficient (Wildman–Crippen LogP) is 1.92. The Morgan fingerprint density at radius 2 is 2.17 bits per heavy atom. The average molecular weight is 251 g/mol. The molecule has 1 heterocycles. The predicted molar refractivity (Wildman–Crippen MR) is 67.0 cm³/mol. The molecule has 0 atom stereocenters. The third-order valence-electron chi connectivity index (χ3n) is 2.28. The molecule has 0 saturated carbocycles. The van der Waals surface area contributed by atoms with Crippen molar-refractivity contribution in [1.29, 1.82) is 0 Å². The van der Waals surface area contributed by atoms with Crippen LogP contribution in [0.15, 0.2) is 22.6 Å². The monoisotopic (exact) mass is 251 g/mol. The van der Waals surface area contributed by atoms with Crippen molar-refractivity contribution >= 4 is 18.0 Å². The Morgan fingerprint density at radius 1 is 1.44 bits per heavy atom. The quantitative estimate of drug-likeness (QED) is 0.784. The summed E-state index contributed by atoms with van der Waals surface area (Å²) in [6.07, 6.45) is 3.59. The second-order valence-corrected chi connectivity index (χ2v) is 3.94. The topological polar surface area (TPSA) is 70.8 Å². The van der Waals surface area contributed by atoms with Crippen LogP contribution in [0.4, 0.5) is 0 Å². The summed E-state index contributed by atoms with van der Waals surface area (Å²) in [5.74, 6) is -0.00183. The van der Waals surface area contributed by atoms with E-state index in [9.17, 15) is 9.59 Å². The van der Waals surface area contributed by atoms with E-state index in [2.05, 4.69) is 0 Å². The third-order valence-corrected chi connectivity index (χ3v) is 2.28. The number of nitrogens with zero attached hydrogens (tertiary/aromatic N) is 1. The average Bonchev–Trinajstić information content (AvgIpc) is 2.71. The van der Waals surface area contributed by atoms with E-state index in [0.717, 1.165) is 5.76 Å². The molecule has 0 radical (unpaired) electrons. The van der Waals surface area contributed by atoms with Crippen LogP contribution in [-0.2, 0) is 9.59 Å². The zero-order valence-electron chi connectivity index (χ0n) is 10.5. The van der Waals surface area contributed by atoms with E-state index in [-0.39, 0.29) is 12.5 Å². The molecule has 5 heteroatoms. The number of carboxylic acids is 1. The van der Waals surface area contributed by atoms with E-state index in [0.29, 0.717) is 18.7 Å². The van der Waals surface area contributed by atoms with E-state index < -0.39 is 5.97 Å². The molecule has 18 heavy (non-hydrogen) atoms. The normalized spacial score (nSPS) is 10.8. The Balaban J connectivity index is 2.65. The van der Waals surface area contributed by atoms with Crippen molar-refractivity contribution in [2.75, 3.05) is 13.1 Å². The number of hydrogen-bond donors (Lipinski definition) is 1. The molecule has 0 aliphatic heterocycles. The van der Waals surface area contributed by atoms with Gasteiger partial charge in [0.25, 0.3) is 0 Å². The largest absolute Gasteiger partial charge is 0.480 e.